The minimum atomic E-state index is -0.950. The summed E-state index contributed by atoms with van der Waals surface area (Å²) in [7, 11) is 0. The zero-order valence-electron chi connectivity index (χ0n) is 15.2. The summed E-state index contributed by atoms with van der Waals surface area (Å²) in [5, 5.41) is 11.5. The number of carboxylic acid groups (broad SMARTS) is 1. The molecule has 2 N–H and O–H groups in total. The van der Waals surface area contributed by atoms with E-state index in [0.717, 1.165) is 44.9 Å². The minimum Gasteiger partial charge on any atom is -0.480 e. The summed E-state index contributed by atoms with van der Waals surface area (Å²) in [5.41, 5.74) is 3.95. The third-order valence-electron chi connectivity index (χ3n) is 4.84. The van der Waals surface area contributed by atoms with Crippen molar-refractivity contribution in [2.45, 2.75) is 83.6 Å². The number of hydrogen-bond donors (Lipinski definition) is 2. The fraction of sp³-hybridized carbons (Fsp3) is 0.650. The Balaban J connectivity index is 1.59. The molecule has 5 heteroatoms. The lowest BCUT2D eigenvalue weighted by atomic mass is 9.95. The Kier molecular flexibility index (Phi) is 7.89. The van der Waals surface area contributed by atoms with E-state index in [1.165, 1.54) is 43.1 Å². The predicted molar refractivity (Wildman–Crippen MR) is 97.5 cm³/mol. The first-order valence-electron chi connectivity index (χ1n) is 9.54. The highest BCUT2D eigenvalue weighted by Gasteiger charge is 2.17. The van der Waals surface area contributed by atoms with Crippen LogP contribution in [-0.4, -0.2) is 28.0 Å². The van der Waals surface area contributed by atoms with E-state index in [1.807, 2.05) is 0 Å². The first kappa shape index (κ1) is 19.4. The van der Waals surface area contributed by atoms with Gasteiger partial charge in [-0.2, -0.15) is 0 Å². The summed E-state index contributed by atoms with van der Waals surface area (Å²) in [6.07, 6.45) is 11.6. The van der Waals surface area contributed by atoms with Crippen molar-refractivity contribution in [1.82, 2.24) is 10.3 Å². The van der Waals surface area contributed by atoms with Crippen molar-refractivity contribution >= 4 is 11.9 Å². The molecule has 0 saturated carbocycles. The smallest absolute Gasteiger partial charge is 0.326 e. The third-order valence-corrected chi connectivity index (χ3v) is 4.84. The molecule has 0 fully saturated rings. The fourth-order valence-electron chi connectivity index (χ4n) is 3.45. The molecule has 0 bridgehead atoms. The first-order chi connectivity index (χ1) is 12.1. The summed E-state index contributed by atoms with van der Waals surface area (Å²) in [6.45, 7) is 1.35. The van der Waals surface area contributed by atoms with Gasteiger partial charge in [-0.05, 0) is 56.6 Å². The minimum absolute atomic E-state index is 0.287. The van der Waals surface area contributed by atoms with Gasteiger partial charge in [-0.1, -0.05) is 31.7 Å². The average molecular weight is 346 g/mol. The van der Waals surface area contributed by atoms with Crippen LogP contribution in [0.4, 0.5) is 0 Å². The van der Waals surface area contributed by atoms with Crippen LogP contribution in [0.1, 0.15) is 75.2 Å². The van der Waals surface area contributed by atoms with Crippen LogP contribution in [0.25, 0.3) is 0 Å². The van der Waals surface area contributed by atoms with Crippen LogP contribution in [0.2, 0.25) is 0 Å². The molecule has 1 amide bonds. The number of rotatable bonds is 10. The molecule has 0 aliphatic heterocycles. The van der Waals surface area contributed by atoms with Crippen molar-refractivity contribution in [1.29, 1.82) is 0 Å². The molecule has 1 aromatic rings. The van der Waals surface area contributed by atoms with E-state index in [0.29, 0.717) is 6.42 Å². The first-order valence-corrected chi connectivity index (χ1v) is 9.54. The summed E-state index contributed by atoms with van der Waals surface area (Å²) in [4.78, 5) is 26.8. The molecule has 1 aliphatic rings. The van der Waals surface area contributed by atoms with Gasteiger partial charge in [0.25, 0.3) is 0 Å². The Morgan fingerprint density at radius 1 is 1.12 bits per heavy atom. The Bertz CT molecular complexity index is 586. The number of carbonyl (C=O) groups excluding carboxylic acids is 1. The highest BCUT2D eigenvalue weighted by molar-refractivity contribution is 5.81. The third kappa shape index (κ3) is 6.85. The van der Waals surface area contributed by atoms with Crippen LogP contribution in [0.15, 0.2) is 12.1 Å². The lowest BCUT2D eigenvalue weighted by molar-refractivity contribution is -0.141. The second kappa shape index (κ2) is 10.2. The fourth-order valence-corrected chi connectivity index (χ4v) is 3.45. The molecule has 138 valence electrons. The molecule has 0 aromatic carbocycles. The van der Waals surface area contributed by atoms with E-state index < -0.39 is 12.0 Å². The number of nitrogens with one attached hydrogen (secondary N) is 1. The maximum absolute atomic E-state index is 11.0. The summed E-state index contributed by atoms with van der Waals surface area (Å²) in [5.74, 6) is -1.24. The molecule has 1 aromatic heterocycles. The topological polar surface area (TPSA) is 79.3 Å². The number of amides is 1. The lowest BCUT2D eigenvalue weighted by Gasteiger charge is -2.15. The van der Waals surface area contributed by atoms with E-state index in [1.54, 1.807) is 0 Å². The molecule has 1 atom stereocenters. The number of hydrogen-bond acceptors (Lipinski definition) is 3. The van der Waals surface area contributed by atoms with E-state index >= 15 is 0 Å². The second-order valence-electron chi connectivity index (χ2n) is 7.01. The van der Waals surface area contributed by atoms with Gasteiger partial charge in [0.15, 0.2) is 0 Å². The molecule has 0 saturated heterocycles. The number of fused-ring (bicyclic) bond motifs is 1. The van der Waals surface area contributed by atoms with Gasteiger partial charge >= 0.3 is 5.97 Å². The van der Waals surface area contributed by atoms with Crippen molar-refractivity contribution in [3.63, 3.8) is 0 Å². The summed E-state index contributed by atoms with van der Waals surface area (Å²) < 4.78 is 0. The second-order valence-corrected chi connectivity index (χ2v) is 7.01. The molecule has 1 heterocycles. The number of carboxylic acids is 1. The zero-order valence-corrected chi connectivity index (χ0v) is 15.2. The van der Waals surface area contributed by atoms with Gasteiger partial charge in [0.05, 0.1) is 0 Å². The highest BCUT2D eigenvalue weighted by Crippen LogP contribution is 2.20. The normalized spacial score (nSPS) is 14.6. The number of aryl methyl sites for hydroxylation is 3. The van der Waals surface area contributed by atoms with Gasteiger partial charge in [0.1, 0.15) is 6.04 Å². The predicted octanol–water partition coefficient (Wildman–Crippen LogP) is 3.43. The Morgan fingerprint density at radius 3 is 2.60 bits per heavy atom. The van der Waals surface area contributed by atoms with E-state index in [9.17, 15) is 9.59 Å². The van der Waals surface area contributed by atoms with Crippen LogP contribution in [0.5, 0.6) is 0 Å². The standard InChI is InChI=1S/C20H30N2O3/c1-15(23)21-19(20(24)25)12-6-4-2-3-5-10-17-14-13-16-9-7-8-11-18(16)22-17/h13-14,19H,2-12H2,1H3,(H,21,23)(H,24,25)/t19-/m0/s1. The van der Waals surface area contributed by atoms with Crippen molar-refractivity contribution in [3.05, 3.63) is 29.1 Å². The largest absolute Gasteiger partial charge is 0.480 e. The number of aliphatic carboxylic acids is 1. The molecular formula is C20H30N2O3. The van der Waals surface area contributed by atoms with Crippen LogP contribution in [0, 0.1) is 0 Å². The molecule has 0 unspecified atom stereocenters. The Labute approximate surface area is 150 Å². The van der Waals surface area contributed by atoms with Crippen molar-refractivity contribution in [3.8, 4) is 0 Å². The molecule has 25 heavy (non-hydrogen) atoms. The zero-order chi connectivity index (χ0) is 18.1. The van der Waals surface area contributed by atoms with Gasteiger partial charge in [0.2, 0.25) is 5.91 Å². The van der Waals surface area contributed by atoms with Crippen molar-refractivity contribution in [2.75, 3.05) is 0 Å². The summed E-state index contributed by atoms with van der Waals surface area (Å²) in [6, 6.07) is 3.68. The van der Waals surface area contributed by atoms with Crippen LogP contribution < -0.4 is 5.32 Å². The van der Waals surface area contributed by atoms with Gasteiger partial charge in [-0.3, -0.25) is 9.78 Å². The number of nitrogens with zero attached hydrogens (tertiary/aromatic N) is 1. The molecule has 0 spiro atoms. The highest BCUT2D eigenvalue weighted by atomic mass is 16.4. The maximum atomic E-state index is 11.0. The van der Waals surface area contributed by atoms with Gasteiger partial charge in [-0.15, -0.1) is 0 Å². The quantitative estimate of drug-likeness (QED) is 0.636. The number of unbranched alkanes of at least 4 members (excludes halogenated alkanes) is 4. The van der Waals surface area contributed by atoms with E-state index in [4.69, 9.17) is 10.1 Å². The van der Waals surface area contributed by atoms with Crippen LogP contribution in [0.3, 0.4) is 0 Å². The van der Waals surface area contributed by atoms with Gasteiger partial charge in [-0.25, -0.2) is 4.79 Å². The SMILES string of the molecule is CC(=O)N[C@@H](CCCCCCCc1ccc2c(n1)CCCC2)C(=O)O. The molecular weight excluding hydrogens is 316 g/mol. The van der Waals surface area contributed by atoms with Crippen molar-refractivity contribution in [2.24, 2.45) is 0 Å². The Hall–Kier alpha value is -1.91. The number of carbonyl (C=O) groups is 2. The molecule has 1 aliphatic carbocycles. The Morgan fingerprint density at radius 2 is 1.84 bits per heavy atom. The maximum Gasteiger partial charge on any atom is 0.326 e. The lowest BCUT2D eigenvalue weighted by Crippen LogP contribution is -2.39. The number of aromatic nitrogens is 1. The van der Waals surface area contributed by atoms with Crippen molar-refractivity contribution < 1.29 is 14.7 Å². The van der Waals surface area contributed by atoms with Gasteiger partial charge in [0, 0.05) is 18.3 Å². The summed E-state index contributed by atoms with van der Waals surface area (Å²) >= 11 is 0. The van der Waals surface area contributed by atoms with Gasteiger partial charge < -0.3 is 10.4 Å². The monoisotopic (exact) mass is 346 g/mol. The van der Waals surface area contributed by atoms with Crippen LogP contribution >= 0.6 is 0 Å². The average Bonchev–Trinajstić information content (AvgIpc) is 2.59. The molecule has 2 rings (SSSR count). The molecule has 5 nitrogen and oxygen atoms in total. The number of pyridine rings is 1. The van der Waals surface area contributed by atoms with E-state index in [-0.39, 0.29) is 5.91 Å². The van der Waals surface area contributed by atoms with Crippen LogP contribution in [-0.2, 0) is 28.9 Å². The van der Waals surface area contributed by atoms with E-state index in [2.05, 4.69) is 17.4 Å². The molecule has 0 radical (unpaired) electrons.